The van der Waals surface area contributed by atoms with Gasteiger partial charge in [0.25, 0.3) is 0 Å². The van der Waals surface area contributed by atoms with Gasteiger partial charge in [-0.15, -0.1) is 0 Å². The molecule has 0 saturated heterocycles. The maximum absolute atomic E-state index is 2.36. The first-order valence-corrected chi connectivity index (χ1v) is 7.46. The summed E-state index contributed by atoms with van der Waals surface area (Å²) in [6.45, 7) is 2.36. The predicted molar refractivity (Wildman–Crippen MR) is 66.8 cm³/mol. The quantitative estimate of drug-likeness (QED) is 0.700. The minimum atomic E-state index is -0.347. The summed E-state index contributed by atoms with van der Waals surface area (Å²) in [6.07, 6.45) is 16.0. The minimum absolute atomic E-state index is 0.347. The first-order chi connectivity index (χ1) is 7.70. The molecular formula is C14H20FeN. The molecule has 2 heteroatoms. The van der Waals surface area contributed by atoms with Crippen LogP contribution in [0.2, 0.25) is 0 Å². The Hall–Kier alpha value is -0.561. The molecule has 1 atom stereocenters. The van der Waals surface area contributed by atoms with E-state index in [0.29, 0.717) is 4.94 Å². The second-order valence-electron chi connectivity index (χ2n) is 4.27. The van der Waals surface area contributed by atoms with E-state index >= 15 is 0 Å². The van der Waals surface area contributed by atoms with Crippen molar-refractivity contribution in [2.45, 2.75) is 24.7 Å². The summed E-state index contributed by atoms with van der Waals surface area (Å²) in [5.74, 6) is 0. The van der Waals surface area contributed by atoms with Crippen molar-refractivity contribution in [3.63, 3.8) is 0 Å². The SMILES string of the molecule is C[CH](N(C)C)[Fe]([C]1=CC=CC1)[C]1=CC=CC1. The van der Waals surface area contributed by atoms with E-state index in [1.807, 2.05) is 0 Å². The van der Waals surface area contributed by atoms with Gasteiger partial charge in [0.1, 0.15) is 0 Å². The fourth-order valence-corrected chi connectivity index (χ4v) is 5.39. The van der Waals surface area contributed by atoms with Crippen molar-refractivity contribution in [3.8, 4) is 0 Å². The molecule has 16 heavy (non-hydrogen) atoms. The topological polar surface area (TPSA) is 3.24 Å². The van der Waals surface area contributed by atoms with Gasteiger partial charge >= 0.3 is 103 Å². The zero-order valence-corrected chi connectivity index (χ0v) is 11.4. The van der Waals surface area contributed by atoms with Crippen LogP contribution >= 0.6 is 0 Å². The number of rotatable bonds is 4. The summed E-state index contributed by atoms with van der Waals surface area (Å²) in [5.41, 5.74) is 0. The monoisotopic (exact) mass is 258 g/mol. The van der Waals surface area contributed by atoms with E-state index in [0.717, 1.165) is 12.8 Å². The van der Waals surface area contributed by atoms with Crippen LogP contribution in [0.1, 0.15) is 19.8 Å². The Balaban J connectivity index is 2.19. The van der Waals surface area contributed by atoms with Gasteiger partial charge in [-0.3, -0.25) is 0 Å². The van der Waals surface area contributed by atoms with Crippen LogP contribution in [-0.2, 0) is 13.9 Å². The molecule has 0 spiro atoms. The molecule has 2 rings (SSSR count). The third kappa shape index (κ3) is 2.40. The van der Waals surface area contributed by atoms with Gasteiger partial charge in [-0.25, -0.2) is 0 Å². The Kier molecular flexibility index (Phi) is 3.86. The van der Waals surface area contributed by atoms with Crippen molar-refractivity contribution >= 4 is 0 Å². The number of allylic oxidation sites excluding steroid dienone is 8. The number of hydrogen-bond acceptors (Lipinski definition) is 1. The Labute approximate surface area is 103 Å². The molecule has 0 bridgehead atoms. The molecule has 0 saturated carbocycles. The molecule has 0 fully saturated rings. The predicted octanol–water partition coefficient (Wildman–Crippen LogP) is 3.20. The number of hydrogen-bond donors (Lipinski definition) is 0. The van der Waals surface area contributed by atoms with E-state index in [1.165, 1.54) is 0 Å². The molecule has 0 aliphatic heterocycles. The third-order valence-electron chi connectivity index (χ3n) is 2.92. The fraction of sp³-hybridized carbons (Fsp3) is 0.429. The second kappa shape index (κ2) is 5.18. The normalized spacial score (nSPS) is 21.4. The molecule has 1 nitrogen and oxygen atoms in total. The van der Waals surface area contributed by atoms with Gasteiger partial charge in [0, 0.05) is 0 Å². The fourth-order valence-electron chi connectivity index (χ4n) is 1.82. The Morgan fingerprint density at radius 3 is 1.88 bits per heavy atom. The Morgan fingerprint density at radius 1 is 1.06 bits per heavy atom. The summed E-state index contributed by atoms with van der Waals surface area (Å²) >= 11 is -0.347. The van der Waals surface area contributed by atoms with Gasteiger partial charge in [-0.2, -0.15) is 0 Å². The third-order valence-corrected chi connectivity index (χ3v) is 6.76. The van der Waals surface area contributed by atoms with Crippen LogP contribution in [0.5, 0.6) is 0 Å². The van der Waals surface area contributed by atoms with Gasteiger partial charge in [-0.05, 0) is 0 Å². The summed E-state index contributed by atoms with van der Waals surface area (Å²) < 4.78 is 3.30. The summed E-state index contributed by atoms with van der Waals surface area (Å²) in [4.78, 5) is 3.01. The van der Waals surface area contributed by atoms with Crippen molar-refractivity contribution in [1.82, 2.24) is 4.90 Å². The maximum atomic E-state index is 2.36. The zero-order chi connectivity index (χ0) is 11.5. The van der Waals surface area contributed by atoms with Crippen molar-refractivity contribution in [2.24, 2.45) is 0 Å². The molecule has 0 heterocycles. The van der Waals surface area contributed by atoms with Gasteiger partial charge in [0.05, 0.1) is 0 Å². The first-order valence-electron chi connectivity index (χ1n) is 5.72. The molecule has 89 valence electrons. The molecule has 0 amide bonds. The molecule has 1 unspecified atom stereocenters. The second-order valence-corrected chi connectivity index (χ2v) is 7.52. The van der Waals surface area contributed by atoms with Crippen LogP contribution in [0, 0.1) is 0 Å². The molecule has 0 N–H and O–H groups in total. The number of nitrogens with zero attached hydrogens (tertiary/aromatic N) is 1. The summed E-state index contributed by atoms with van der Waals surface area (Å²) in [6, 6.07) is 0. The van der Waals surface area contributed by atoms with Crippen molar-refractivity contribution < 1.29 is 13.9 Å². The first kappa shape index (κ1) is 11.9. The Morgan fingerprint density at radius 2 is 1.56 bits per heavy atom. The van der Waals surface area contributed by atoms with Crippen LogP contribution in [-0.4, -0.2) is 23.9 Å². The Bertz CT molecular complexity index is 344. The zero-order valence-electron chi connectivity index (χ0n) is 10.3. The molecule has 2 aliphatic carbocycles. The van der Waals surface area contributed by atoms with Crippen LogP contribution in [0.3, 0.4) is 0 Å². The van der Waals surface area contributed by atoms with Crippen LogP contribution < -0.4 is 0 Å². The summed E-state index contributed by atoms with van der Waals surface area (Å²) in [5, 5.41) is 0. The van der Waals surface area contributed by atoms with Crippen molar-refractivity contribution in [1.29, 1.82) is 0 Å². The van der Waals surface area contributed by atoms with Crippen molar-refractivity contribution in [3.05, 3.63) is 45.4 Å². The molecule has 0 radical (unpaired) electrons. The molecule has 0 aromatic rings. The van der Waals surface area contributed by atoms with Crippen LogP contribution in [0.25, 0.3) is 0 Å². The van der Waals surface area contributed by atoms with E-state index in [4.69, 9.17) is 0 Å². The van der Waals surface area contributed by atoms with E-state index < -0.39 is 0 Å². The van der Waals surface area contributed by atoms with Crippen LogP contribution in [0.4, 0.5) is 0 Å². The van der Waals surface area contributed by atoms with E-state index in [-0.39, 0.29) is 13.9 Å². The average molecular weight is 258 g/mol. The standard InChI is InChI=1S/2C5H5.C4H10N.Fe/c2*1-2-4-5-3-1;1-4-5(2)3;/h2*1-3H,4H2;4H,1-3H3;. The van der Waals surface area contributed by atoms with Gasteiger partial charge in [0.15, 0.2) is 0 Å². The van der Waals surface area contributed by atoms with Gasteiger partial charge in [0.2, 0.25) is 0 Å². The van der Waals surface area contributed by atoms with Gasteiger partial charge in [-0.1, -0.05) is 0 Å². The molecule has 0 aromatic heterocycles. The molecule has 2 aliphatic rings. The van der Waals surface area contributed by atoms with Gasteiger partial charge < -0.3 is 0 Å². The van der Waals surface area contributed by atoms with Crippen molar-refractivity contribution in [2.75, 3.05) is 14.1 Å². The molecule has 0 aromatic carbocycles. The summed E-state index contributed by atoms with van der Waals surface area (Å²) in [7, 11) is 4.38. The van der Waals surface area contributed by atoms with E-state index in [1.54, 1.807) is 8.94 Å². The van der Waals surface area contributed by atoms with E-state index in [9.17, 15) is 0 Å². The average Bonchev–Trinajstić information content (AvgIpc) is 2.89. The van der Waals surface area contributed by atoms with E-state index in [2.05, 4.69) is 62.4 Å². The van der Waals surface area contributed by atoms with Crippen LogP contribution in [0.15, 0.2) is 45.4 Å². The molecular weight excluding hydrogens is 238 g/mol.